The maximum atomic E-state index is 3.31. The van der Waals surface area contributed by atoms with E-state index in [0.717, 1.165) is 11.8 Å². The SMILES string of the molecule is CCCC(C)CC(C)C(C)NC. The summed E-state index contributed by atoms with van der Waals surface area (Å²) in [5, 5.41) is 3.31. The van der Waals surface area contributed by atoms with Crippen molar-refractivity contribution < 1.29 is 0 Å². The van der Waals surface area contributed by atoms with Crippen molar-refractivity contribution in [2.45, 2.75) is 53.0 Å². The summed E-state index contributed by atoms with van der Waals surface area (Å²) in [5.74, 6) is 1.69. The molecule has 74 valence electrons. The minimum absolute atomic E-state index is 0.657. The van der Waals surface area contributed by atoms with E-state index in [4.69, 9.17) is 0 Å². The highest BCUT2D eigenvalue weighted by Gasteiger charge is 2.12. The van der Waals surface area contributed by atoms with Crippen LogP contribution in [-0.2, 0) is 0 Å². The van der Waals surface area contributed by atoms with E-state index in [1.54, 1.807) is 0 Å². The van der Waals surface area contributed by atoms with Crippen LogP contribution in [0, 0.1) is 11.8 Å². The molecule has 1 nitrogen and oxygen atoms in total. The number of nitrogens with one attached hydrogen (secondary N) is 1. The van der Waals surface area contributed by atoms with Crippen LogP contribution in [0.1, 0.15) is 47.0 Å². The minimum atomic E-state index is 0.657. The summed E-state index contributed by atoms with van der Waals surface area (Å²) in [6, 6.07) is 0.657. The van der Waals surface area contributed by atoms with Gasteiger partial charge in [-0.25, -0.2) is 0 Å². The van der Waals surface area contributed by atoms with Gasteiger partial charge in [0.2, 0.25) is 0 Å². The van der Waals surface area contributed by atoms with Crippen molar-refractivity contribution in [3.63, 3.8) is 0 Å². The lowest BCUT2D eigenvalue weighted by Gasteiger charge is -2.22. The van der Waals surface area contributed by atoms with E-state index in [9.17, 15) is 0 Å². The molecule has 0 rings (SSSR count). The molecule has 0 radical (unpaired) electrons. The first kappa shape index (κ1) is 12.0. The second-order valence-corrected chi connectivity index (χ2v) is 4.18. The zero-order valence-corrected chi connectivity index (χ0v) is 9.35. The van der Waals surface area contributed by atoms with Gasteiger partial charge < -0.3 is 5.32 Å². The summed E-state index contributed by atoms with van der Waals surface area (Å²) in [6.45, 7) is 9.24. The van der Waals surface area contributed by atoms with E-state index in [1.165, 1.54) is 19.3 Å². The van der Waals surface area contributed by atoms with E-state index in [0.29, 0.717) is 6.04 Å². The molecule has 0 bridgehead atoms. The predicted molar refractivity (Wildman–Crippen MR) is 56.4 cm³/mol. The van der Waals surface area contributed by atoms with Crippen LogP contribution in [0.15, 0.2) is 0 Å². The minimum Gasteiger partial charge on any atom is -0.317 e. The van der Waals surface area contributed by atoms with Gasteiger partial charge in [0.1, 0.15) is 0 Å². The topological polar surface area (TPSA) is 12.0 Å². The molecule has 0 aromatic rings. The maximum Gasteiger partial charge on any atom is 0.00614 e. The van der Waals surface area contributed by atoms with Crippen LogP contribution in [0.4, 0.5) is 0 Å². The fourth-order valence-corrected chi connectivity index (χ4v) is 1.73. The maximum absolute atomic E-state index is 3.31. The predicted octanol–water partition coefficient (Wildman–Crippen LogP) is 3.06. The fourth-order valence-electron chi connectivity index (χ4n) is 1.73. The Bertz CT molecular complexity index is 101. The van der Waals surface area contributed by atoms with Crippen LogP contribution in [0.5, 0.6) is 0 Å². The van der Waals surface area contributed by atoms with Crippen molar-refractivity contribution in [2.75, 3.05) is 7.05 Å². The molecule has 0 amide bonds. The molecule has 0 aliphatic carbocycles. The Morgan fingerprint density at radius 1 is 1.17 bits per heavy atom. The van der Waals surface area contributed by atoms with Gasteiger partial charge in [-0.2, -0.15) is 0 Å². The Kier molecular flexibility index (Phi) is 6.45. The molecular formula is C11H25N. The van der Waals surface area contributed by atoms with Crippen LogP contribution in [0.2, 0.25) is 0 Å². The molecule has 0 spiro atoms. The van der Waals surface area contributed by atoms with Gasteiger partial charge in [-0.1, -0.05) is 33.6 Å². The fraction of sp³-hybridized carbons (Fsp3) is 1.00. The molecular weight excluding hydrogens is 146 g/mol. The van der Waals surface area contributed by atoms with Gasteiger partial charge in [0.05, 0.1) is 0 Å². The molecule has 0 aromatic heterocycles. The molecule has 0 saturated carbocycles. The summed E-state index contributed by atoms with van der Waals surface area (Å²) in [5.41, 5.74) is 0. The van der Waals surface area contributed by atoms with Crippen LogP contribution in [-0.4, -0.2) is 13.1 Å². The van der Waals surface area contributed by atoms with Crippen molar-refractivity contribution in [3.05, 3.63) is 0 Å². The van der Waals surface area contributed by atoms with Gasteiger partial charge in [-0.05, 0) is 32.2 Å². The van der Waals surface area contributed by atoms with Gasteiger partial charge in [0.25, 0.3) is 0 Å². The van der Waals surface area contributed by atoms with Gasteiger partial charge in [-0.15, -0.1) is 0 Å². The normalized spacial score (nSPS) is 18.8. The highest BCUT2D eigenvalue weighted by Crippen LogP contribution is 2.18. The third-order valence-electron chi connectivity index (χ3n) is 2.86. The zero-order valence-electron chi connectivity index (χ0n) is 9.35. The monoisotopic (exact) mass is 171 g/mol. The lowest BCUT2D eigenvalue weighted by atomic mass is 9.90. The van der Waals surface area contributed by atoms with Crippen molar-refractivity contribution >= 4 is 0 Å². The van der Waals surface area contributed by atoms with Crippen LogP contribution >= 0.6 is 0 Å². The standard InChI is InChI=1S/C11H25N/c1-6-7-9(2)8-10(3)11(4)12-5/h9-12H,6-8H2,1-5H3. The molecule has 0 aromatic carbocycles. The Balaban J connectivity index is 3.59. The average Bonchev–Trinajstić information content (AvgIpc) is 2.03. The lowest BCUT2D eigenvalue weighted by Crippen LogP contribution is -2.29. The molecule has 12 heavy (non-hydrogen) atoms. The number of hydrogen-bond donors (Lipinski definition) is 1. The smallest absolute Gasteiger partial charge is 0.00614 e. The highest BCUT2D eigenvalue weighted by molar-refractivity contribution is 4.68. The molecule has 3 unspecified atom stereocenters. The molecule has 3 atom stereocenters. The van der Waals surface area contributed by atoms with Gasteiger partial charge in [0, 0.05) is 6.04 Å². The first-order valence-electron chi connectivity index (χ1n) is 5.29. The van der Waals surface area contributed by atoms with Crippen molar-refractivity contribution in [3.8, 4) is 0 Å². The summed E-state index contributed by atoms with van der Waals surface area (Å²) in [4.78, 5) is 0. The van der Waals surface area contributed by atoms with E-state index in [2.05, 4.69) is 33.0 Å². The molecule has 0 aliphatic rings. The van der Waals surface area contributed by atoms with Gasteiger partial charge in [0.15, 0.2) is 0 Å². The Morgan fingerprint density at radius 3 is 2.17 bits per heavy atom. The second-order valence-electron chi connectivity index (χ2n) is 4.18. The molecule has 0 fully saturated rings. The summed E-state index contributed by atoms with van der Waals surface area (Å²) >= 11 is 0. The molecule has 1 N–H and O–H groups in total. The van der Waals surface area contributed by atoms with E-state index < -0.39 is 0 Å². The van der Waals surface area contributed by atoms with Crippen molar-refractivity contribution in [1.29, 1.82) is 0 Å². The molecule has 0 heterocycles. The number of hydrogen-bond acceptors (Lipinski definition) is 1. The van der Waals surface area contributed by atoms with Crippen LogP contribution < -0.4 is 5.32 Å². The third-order valence-corrected chi connectivity index (χ3v) is 2.86. The second kappa shape index (κ2) is 6.47. The van der Waals surface area contributed by atoms with Crippen molar-refractivity contribution in [1.82, 2.24) is 5.32 Å². The summed E-state index contributed by atoms with van der Waals surface area (Å²) in [7, 11) is 2.05. The lowest BCUT2D eigenvalue weighted by molar-refractivity contribution is 0.330. The molecule has 0 aliphatic heterocycles. The van der Waals surface area contributed by atoms with Gasteiger partial charge in [-0.3, -0.25) is 0 Å². The third kappa shape index (κ3) is 4.76. The highest BCUT2D eigenvalue weighted by atomic mass is 14.9. The van der Waals surface area contributed by atoms with E-state index >= 15 is 0 Å². The average molecular weight is 171 g/mol. The van der Waals surface area contributed by atoms with E-state index in [1.807, 2.05) is 7.05 Å². The first-order valence-corrected chi connectivity index (χ1v) is 5.29. The Labute approximate surface area is 77.9 Å². The summed E-state index contributed by atoms with van der Waals surface area (Å²) in [6.07, 6.45) is 4.05. The zero-order chi connectivity index (χ0) is 9.56. The van der Waals surface area contributed by atoms with Gasteiger partial charge >= 0.3 is 0 Å². The Morgan fingerprint density at radius 2 is 1.75 bits per heavy atom. The summed E-state index contributed by atoms with van der Waals surface area (Å²) < 4.78 is 0. The van der Waals surface area contributed by atoms with Crippen LogP contribution in [0.25, 0.3) is 0 Å². The van der Waals surface area contributed by atoms with E-state index in [-0.39, 0.29) is 0 Å². The Hall–Kier alpha value is -0.0400. The largest absolute Gasteiger partial charge is 0.317 e. The van der Waals surface area contributed by atoms with Crippen molar-refractivity contribution in [2.24, 2.45) is 11.8 Å². The molecule has 1 heteroatoms. The number of rotatable bonds is 6. The quantitative estimate of drug-likeness (QED) is 0.647. The van der Waals surface area contributed by atoms with Crippen LogP contribution in [0.3, 0.4) is 0 Å². The molecule has 0 saturated heterocycles. The first-order chi connectivity index (χ1) is 5.61.